The summed E-state index contributed by atoms with van der Waals surface area (Å²) < 4.78 is 11.0. The Balaban J connectivity index is 0.00000243. The summed E-state index contributed by atoms with van der Waals surface area (Å²) in [6, 6.07) is 8.35. The number of rotatable bonds is 5. The second-order valence-corrected chi connectivity index (χ2v) is 5.59. The molecule has 0 atom stereocenters. The Kier molecular flexibility index (Phi) is 6.07. The van der Waals surface area contributed by atoms with Gasteiger partial charge >= 0.3 is 6.09 Å². The van der Waals surface area contributed by atoms with E-state index in [9.17, 15) is 14.7 Å². The Labute approximate surface area is 155 Å². The summed E-state index contributed by atoms with van der Waals surface area (Å²) in [6.45, 7) is 2.19. The van der Waals surface area contributed by atoms with E-state index >= 15 is 0 Å². The summed E-state index contributed by atoms with van der Waals surface area (Å²) in [4.78, 5) is 23.7. The van der Waals surface area contributed by atoms with Crippen molar-refractivity contribution in [3.8, 4) is 11.5 Å². The number of carbonyl (C=O) groups excluding carboxylic acids is 2. The molecule has 4 N–H and O–H groups in total. The average Bonchev–Trinajstić information content (AvgIpc) is 3.05. The van der Waals surface area contributed by atoms with Crippen molar-refractivity contribution in [2.24, 2.45) is 5.73 Å². The van der Waals surface area contributed by atoms with Gasteiger partial charge in [-0.3, -0.25) is 4.79 Å². The summed E-state index contributed by atoms with van der Waals surface area (Å²) in [5.74, 6) is -0.0918. The van der Waals surface area contributed by atoms with E-state index < -0.39 is 6.09 Å². The summed E-state index contributed by atoms with van der Waals surface area (Å²) >= 11 is 0. The van der Waals surface area contributed by atoms with Gasteiger partial charge in [-0.1, -0.05) is 24.3 Å². The van der Waals surface area contributed by atoms with E-state index in [1.54, 1.807) is 24.3 Å². The van der Waals surface area contributed by atoms with Gasteiger partial charge in [0.05, 0.1) is 5.39 Å². The second kappa shape index (κ2) is 8.07. The van der Waals surface area contributed by atoms with Crippen LogP contribution >= 0.6 is 12.4 Å². The van der Waals surface area contributed by atoms with Crippen LogP contribution in [0.2, 0.25) is 0 Å². The van der Waals surface area contributed by atoms with Gasteiger partial charge in [-0.05, 0) is 19.0 Å². The topological polar surface area (TPSA) is 115 Å². The second-order valence-electron chi connectivity index (χ2n) is 5.59. The maximum atomic E-state index is 12.1. The van der Waals surface area contributed by atoms with E-state index in [1.807, 2.05) is 0 Å². The van der Waals surface area contributed by atoms with Crippen molar-refractivity contribution in [1.29, 1.82) is 0 Å². The highest BCUT2D eigenvalue weighted by Gasteiger charge is 2.22. The number of halogens is 1. The molecule has 0 bridgehead atoms. The number of nitrogens with one attached hydrogen (secondary N) is 1. The molecule has 7 nitrogen and oxygen atoms in total. The Morgan fingerprint density at radius 2 is 1.92 bits per heavy atom. The number of hydrogen-bond acceptors (Lipinski definition) is 6. The van der Waals surface area contributed by atoms with Crippen molar-refractivity contribution in [3.05, 3.63) is 36.1 Å². The lowest BCUT2D eigenvalue weighted by molar-refractivity contribution is 0.0989. The number of hydrogen-bond donors (Lipinski definition) is 3. The zero-order valence-electron chi connectivity index (χ0n) is 14.1. The maximum Gasteiger partial charge on any atom is 0.412 e. The van der Waals surface area contributed by atoms with Crippen LogP contribution in [0.25, 0.3) is 21.7 Å². The molecule has 0 saturated carbocycles. The molecule has 26 heavy (non-hydrogen) atoms. The van der Waals surface area contributed by atoms with E-state index in [-0.39, 0.29) is 41.0 Å². The van der Waals surface area contributed by atoms with E-state index in [0.29, 0.717) is 35.7 Å². The highest BCUT2D eigenvalue weighted by atomic mass is 35.5. The predicted octanol–water partition coefficient (Wildman–Crippen LogP) is 3.35. The van der Waals surface area contributed by atoms with Gasteiger partial charge in [0.2, 0.25) is 0 Å². The average molecular weight is 379 g/mol. The van der Waals surface area contributed by atoms with Gasteiger partial charge in [-0.15, -0.1) is 12.4 Å². The van der Waals surface area contributed by atoms with Crippen molar-refractivity contribution in [3.63, 3.8) is 0 Å². The van der Waals surface area contributed by atoms with E-state index in [1.165, 1.54) is 13.0 Å². The van der Waals surface area contributed by atoms with Crippen molar-refractivity contribution >= 4 is 46.0 Å². The quantitative estimate of drug-likeness (QED) is 0.463. The fourth-order valence-electron chi connectivity index (χ4n) is 2.59. The fraction of sp³-hybridized carbons (Fsp3) is 0.222. The molecule has 0 aliphatic carbocycles. The number of benzene rings is 2. The molecular formula is C18H19ClN2O5. The first-order valence-electron chi connectivity index (χ1n) is 7.86. The van der Waals surface area contributed by atoms with Crippen molar-refractivity contribution in [2.45, 2.75) is 13.3 Å². The smallest absolute Gasteiger partial charge is 0.412 e. The normalized spacial score (nSPS) is 10.5. The standard InChI is InChI=1S/C18H18N2O5.ClH/c1-10(21)14-9-13-15(22)11-5-2-3-6-12(11)16(17(13)24-14)25-18(23)20-8-4-7-19;/h2-3,5-6,9,22H,4,7-8,19H2,1H3,(H,20,23);1H. The minimum absolute atomic E-state index is 0. The summed E-state index contributed by atoms with van der Waals surface area (Å²) in [5, 5.41) is 14.4. The first-order chi connectivity index (χ1) is 12.0. The number of carbonyl (C=O) groups is 2. The molecule has 0 aliphatic rings. The molecule has 0 unspecified atom stereocenters. The first kappa shape index (κ1) is 19.6. The number of furan rings is 1. The number of phenols is 1. The fourth-order valence-corrected chi connectivity index (χ4v) is 2.59. The van der Waals surface area contributed by atoms with Crippen LogP contribution in [0.4, 0.5) is 4.79 Å². The van der Waals surface area contributed by atoms with Crippen LogP contribution < -0.4 is 15.8 Å². The zero-order chi connectivity index (χ0) is 18.0. The lowest BCUT2D eigenvalue weighted by Gasteiger charge is -2.11. The molecule has 3 rings (SSSR count). The number of ether oxygens (including phenoxy) is 1. The molecule has 0 fully saturated rings. The van der Waals surface area contributed by atoms with Crippen LogP contribution in [-0.2, 0) is 0 Å². The van der Waals surface area contributed by atoms with Crippen LogP contribution in [0.1, 0.15) is 23.9 Å². The molecule has 138 valence electrons. The minimum atomic E-state index is -0.661. The van der Waals surface area contributed by atoms with Crippen LogP contribution in [0.3, 0.4) is 0 Å². The van der Waals surface area contributed by atoms with Crippen LogP contribution in [-0.4, -0.2) is 30.1 Å². The highest BCUT2D eigenvalue weighted by Crippen LogP contribution is 2.43. The molecule has 8 heteroatoms. The first-order valence-corrected chi connectivity index (χ1v) is 7.86. The summed E-state index contributed by atoms with van der Waals surface area (Å²) in [5.41, 5.74) is 5.55. The minimum Gasteiger partial charge on any atom is -0.507 e. The molecular weight excluding hydrogens is 360 g/mol. The third kappa shape index (κ3) is 3.58. The van der Waals surface area contributed by atoms with E-state index in [4.69, 9.17) is 14.9 Å². The van der Waals surface area contributed by atoms with Crippen LogP contribution in [0.5, 0.6) is 11.5 Å². The van der Waals surface area contributed by atoms with Crippen molar-refractivity contribution < 1.29 is 23.8 Å². The lowest BCUT2D eigenvalue weighted by atomic mass is 10.1. The predicted molar refractivity (Wildman–Crippen MR) is 100 cm³/mol. The Bertz CT molecular complexity index is 967. The highest BCUT2D eigenvalue weighted by molar-refractivity contribution is 6.11. The van der Waals surface area contributed by atoms with E-state index in [0.717, 1.165) is 0 Å². The van der Waals surface area contributed by atoms with Crippen LogP contribution in [0.15, 0.2) is 34.7 Å². The molecule has 3 aromatic rings. The summed E-state index contributed by atoms with van der Waals surface area (Å²) in [6.07, 6.45) is -0.0397. The Hall–Kier alpha value is -2.77. The number of fused-ring (bicyclic) bond motifs is 2. The largest absolute Gasteiger partial charge is 0.507 e. The number of nitrogens with two attached hydrogens (primary N) is 1. The third-order valence-corrected chi connectivity index (χ3v) is 3.81. The van der Waals surface area contributed by atoms with Gasteiger partial charge in [0.15, 0.2) is 22.9 Å². The molecule has 0 spiro atoms. The monoisotopic (exact) mass is 378 g/mol. The zero-order valence-corrected chi connectivity index (χ0v) is 14.9. The molecule has 0 saturated heterocycles. The van der Waals surface area contributed by atoms with Gasteiger partial charge in [0.1, 0.15) is 5.75 Å². The van der Waals surface area contributed by atoms with Crippen molar-refractivity contribution in [1.82, 2.24) is 5.32 Å². The van der Waals surface area contributed by atoms with Gasteiger partial charge in [0, 0.05) is 24.2 Å². The molecule has 2 aromatic carbocycles. The van der Waals surface area contributed by atoms with E-state index in [2.05, 4.69) is 5.32 Å². The number of ketones is 1. The third-order valence-electron chi connectivity index (χ3n) is 3.81. The number of Topliss-reactive ketones (excluding diaryl/α,β-unsaturated/α-hetero) is 1. The number of amides is 1. The number of aromatic hydroxyl groups is 1. The number of phenolic OH excluding ortho intramolecular Hbond substituents is 1. The lowest BCUT2D eigenvalue weighted by Crippen LogP contribution is -2.29. The van der Waals surface area contributed by atoms with Crippen molar-refractivity contribution in [2.75, 3.05) is 13.1 Å². The Morgan fingerprint density at radius 3 is 2.58 bits per heavy atom. The van der Waals surface area contributed by atoms with Gasteiger partial charge in [0.25, 0.3) is 0 Å². The maximum absolute atomic E-state index is 12.1. The van der Waals surface area contributed by atoms with Gasteiger partial charge in [-0.25, -0.2) is 4.79 Å². The summed E-state index contributed by atoms with van der Waals surface area (Å²) in [7, 11) is 0. The van der Waals surface area contributed by atoms with Gasteiger partial charge in [-0.2, -0.15) is 0 Å². The van der Waals surface area contributed by atoms with Gasteiger partial charge < -0.3 is 25.3 Å². The molecule has 1 amide bonds. The molecule has 1 aromatic heterocycles. The molecule has 0 radical (unpaired) electrons. The molecule has 1 heterocycles. The molecule has 0 aliphatic heterocycles. The van der Waals surface area contributed by atoms with Crippen LogP contribution in [0, 0.1) is 0 Å². The Morgan fingerprint density at radius 1 is 1.23 bits per heavy atom. The SMILES string of the molecule is CC(=O)c1cc2c(O)c3ccccc3c(OC(=O)NCCCN)c2o1.Cl.